The zero-order chi connectivity index (χ0) is 14.5. The van der Waals surface area contributed by atoms with Crippen LogP contribution in [0, 0.1) is 23.6 Å². The van der Waals surface area contributed by atoms with E-state index >= 15 is 0 Å². The summed E-state index contributed by atoms with van der Waals surface area (Å²) in [5.41, 5.74) is 1.15. The van der Waals surface area contributed by atoms with E-state index in [2.05, 4.69) is 32.2 Å². The lowest BCUT2D eigenvalue weighted by molar-refractivity contribution is 0.181. The van der Waals surface area contributed by atoms with E-state index in [0.29, 0.717) is 12.0 Å². The Kier molecular flexibility index (Phi) is 5.59. The summed E-state index contributed by atoms with van der Waals surface area (Å²) in [5, 5.41) is 3.58. The summed E-state index contributed by atoms with van der Waals surface area (Å²) in [6.07, 6.45) is 4.94. The third-order valence-corrected chi connectivity index (χ3v) is 4.58. The number of hydrogen-bond acceptors (Lipinski definition) is 1. The van der Waals surface area contributed by atoms with Gasteiger partial charge in [0, 0.05) is 6.04 Å². The Bertz CT molecular complexity index is 416. The second-order valence-corrected chi connectivity index (χ2v) is 6.84. The first kappa shape index (κ1) is 15.5. The Morgan fingerprint density at radius 1 is 1.25 bits per heavy atom. The largest absolute Gasteiger partial charge is 0.314 e. The van der Waals surface area contributed by atoms with Crippen molar-refractivity contribution in [2.75, 3.05) is 6.54 Å². The Labute approximate surface area is 123 Å². The molecule has 0 aromatic heterocycles. The highest BCUT2D eigenvalue weighted by molar-refractivity contribution is 5.17. The quantitative estimate of drug-likeness (QED) is 0.840. The molecule has 0 saturated heterocycles. The maximum Gasteiger partial charge on any atom is 0.123 e. The standard InChI is InChI=1S/C18H28FN/c1-13(2)20-12-16-8-7-14(3)9-17(16)10-15-5-4-6-18(19)11-15/h4-6,11,13-14,16-17,20H,7-10,12H2,1-3H3. The summed E-state index contributed by atoms with van der Waals surface area (Å²) >= 11 is 0. The monoisotopic (exact) mass is 277 g/mol. The lowest BCUT2D eigenvalue weighted by Crippen LogP contribution is -2.36. The lowest BCUT2D eigenvalue weighted by Gasteiger charge is -2.35. The molecule has 1 nitrogen and oxygen atoms in total. The molecule has 0 heterocycles. The average molecular weight is 277 g/mol. The minimum atomic E-state index is -0.108. The van der Waals surface area contributed by atoms with Gasteiger partial charge in [0.25, 0.3) is 0 Å². The highest BCUT2D eigenvalue weighted by atomic mass is 19.1. The van der Waals surface area contributed by atoms with Crippen LogP contribution in [0.3, 0.4) is 0 Å². The predicted molar refractivity (Wildman–Crippen MR) is 83.2 cm³/mol. The van der Waals surface area contributed by atoms with Crippen LogP contribution in [-0.2, 0) is 6.42 Å². The first-order chi connectivity index (χ1) is 9.54. The van der Waals surface area contributed by atoms with E-state index < -0.39 is 0 Å². The molecule has 0 spiro atoms. The molecule has 0 radical (unpaired) electrons. The molecule has 0 amide bonds. The highest BCUT2D eigenvalue weighted by Crippen LogP contribution is 2.35. The van der Waals surface area contributed by atoms with Crippen LogP contribution in [0.2, 0.25) is 0 Å². The van der Waals surface area contributed by atoms with Crippen molar-refractivity contribution in [3.8, 4) is 0 Å². The van der Waals surface area contributed by atoms with Gasteiger partial charge in [-0.1, -0.05) is 39.3 Å². The third-order valence-electron chi connectivity index (χ3n) is 4.58. The molecule has 1 fully saturated rings. The second-order valence-electron chi connectivity index (χ2n) is 6.84. The van der Waals surface area contributed by atoms with Crippen molar-refractivity contribution in [2.45, 2.75) is 52.5 Å². The fourth-order valence-electron chi connectivity index (χ4n) is 3.43. The van der Waals surface area contributed by atoms with Gasteiger partial charge in [-0.05, 0) is 61.3 Å². The van der Waals surface area contributed by atoms with E-state index in [4.69, 9.17) is 0 Å². The van der Waals surface area contributed by atoms with Gasteiger partial charge in [-0.3, -0.25) is 0 Å². The van der Waals surface area contributed by atoms with Gasteiger partial charge < -0.3 is 5.32 Å². The molecule has 1 aliphatic rings. The Balaban J connectivity index is 2.00. The van der Waals surface area contributed by atoms with Gasteiger partial charge in [0.15, 0.2) is 0 Å². The number of halogens is 1. The molecule has 20 heavy (non-hydrogen) atoms. The number of rotatable bonds is 5. The lowest BCUT2D eigenvalue weighted by atomic mass is 9.72. The van der Waals surface area contributed by atoms with E-state index in [9.17, 15) is 4.39 Å². The Morgan fingerprint density at radius 2 is 2.05 bits per heavy atom. The summed E-state index contributed by atoms with van der Waals surface area (Å²) in [6, 6.07) is 7.68. The van der Waals surface area contributed by atoms with Crippen LogP contribution in [0.25, 0.3) is 0 Å². The summed E-state index contributed by atoms with van der Waals surface area (Å²) < 4.78 is 13.3. The maximum atomic E-state index is 13.3. The zero-order valence-corrected chi connectivity index (χ0v) is 13.0. The predicted octanol–water partition coefficient (Wildman–Crippen LogP) is 4.42. The SMILES string of the molecule is CC1CCC(CNC(C)C)C(Cc2cccc(F)c2)C1. The fraction of sp³-hybridized carbons (Fsp3) is 0.667. The molecule has 1 aromatic carbocycles. The van der Waals surface area contributed by atoms with E-state index in [-0.39, 0.29) is 5.82 Å². The molecule has 0 bridgehead atoms. The highest BCUT2D eigenvalue weighted by Gasteiger charge is 2.28. The molecule has 2 heteroatoms. The van der Waals surface area contributed by atoms with Crippen molar-refractivity contribution in [3.63, 3.8) is 0 Å². The van der Waals surface area contributed by atoms with Gasteiger partial charge in [-0.25, -0.2) is 4.39 Å². The van der Waals surface area contributed by atoms with Crippen molar-refractivity contribution in [2.24, 2.45) is 17.8 Å². The van der Waals surface area contributed by atoms with Gasteiger partial charge >= 0.3 is 0 Å². The first-order valence-electron chi connectivity index (χ1n) is 8.02. The van der Waals surface area contributed by atoms with Gasteiger partial charge in [0.05, 0.1) is 0 Å². The normalized spacial score (nSPS) is 26.9. The van der Waals surface area contributed by atoms with Gasteiger partial charge in [-0.15, -0.1) is 0 Å². The van der Waals surface area contributed by atoms with Crippen LogP contribution >= 0.6 is 0 Å². The molecule has 1 aliphatic carbocycles. The van der Waals surface area contributed by atoms with Gasteiger partial charge in [0.2, 0.25) is 0 Å². The molecular weight excluding hydrogens is 249 g/mol. The van der Waals surface area contributed by atoms with E-state index in [1.807, 2.05) is 6.07 Å². The summed E-state index contributed by atoms with van der Waals surface area (Å²) in [5.74, 6) is 2.12. The first-order valence-corrected chi connectivity index (χ1v) is 8.02. The average Bonchev–Trinajstić information content (AvgIpc) is 2.37. The van der Waals surface area contributed by atoms with Crippen molar-refractivity contribution in [3.05, 3.63) is 35.6 Å². The zero-order valence-electron chi connectivity index (χ0n) is 13.0. The van der Waals surface area contributed by atoms with Gasteiger partial charge in [-0.2, -0.15) is 0 Å². The minimum absolute atomic E-state index is 0.108. The van der Waals surface area contributed by atoms with Crippen LogP contribution in [0.4, 0.5) is 4.39 Å². The molecular formula is C18H28FN. The molecule has 3 unspecified atom stereocenters. The van der Waals surface area contributed by atoms with Crippen LogP contribution in [0.15, 0.2) is 24.3 Å². The van der Waals surface area contributed by atoms with E-state index in [1.54, 1.807) is 6.07 Å². The molecule has 1 saturated carbocycles. The minimum Gasteiger partial charge on any atom is -0.314 e. The van der Waals surface area contributed by atoms with Crippen LogP contribution in [-0.4, -0.2) is 12.6 Å². The summed E-state index contributed by atoms with van der Waals surface area (Å²) in [7, 11) is 0. The Hall–Kier alpha value is -0.890. The van der Waals surface area contributed by atoms with Crippen LogP contribution in [0.1, 0.15) is 45.6 Å². The maximum absolute atomic E-state index is 13.3. The van der Waals surface area contributed by atoms with Crippen molar-refractivity contribution >= 4 is 0 Å². The number of benzene rings is 1. The Morgan fingerprint density at radius 3 is 2.75 bits per heavy atom. The molecule has 1 N–H and O–H groups in total. The van der Waals surface area contributed by atoms with Crippen molar-refractivity contribution < 1.29 is 4.39 Å². The summed E-state index contributed by atoms with van der Waals surface area (Å²) in [6.45, 7) is 7.86. The number of nitrogens with one attached hydrogen (secondary N) is 1. The molecule has 2 rings (SSSR count). The number of hydrogen-bond donors (Lipinski definition) is 1. The third kappa shape index (κ3) is 4.59. The van der Waals surface area contributed by atoms with Crippen LogP contribution in [0.5, 0.6) is 0 Å². The van der Waals surface area contributed by atoms with Crippen molar-refractivity contribution in [1.82, 2.24) is 5.32 Å². The second kappa shape index (κ2) is 7.21. The van der Waals surface area contributed by atoms with Crippen LogP contribution < -0.4 is 5.32 Å². The molecule has 0 aliphatic heterocycles. The van der Waals surface area contributed by atoms with Crippen molar-refractivity contribution in [1.29, 1.82) is 0 Å². The summed E-state index contributed by atoms with van der Waals surface area (Å²) in [4.78, 5) is 0. The smallest absolute Gasteiger partial charge is 0.123 e. The topological polar surface area (TPSA) is 12.0 Å². The molecule has 112 valence electrons. The molecule has 3 atom stereocenters. The van der Waals surface area contributed by atoms with Gasteiger partial charge in [0.1, 0.15) is 5.82 Å². The molecule has 1 aromatic rings. The van der Waals surface area contributed by atoms with E-state index in [0.717, 1.165) is 30.4 Å². The fourth-order valence-corrected chi connectivity index (χ4v) is 3.43. The van der Waals surface area contributed by atoms with E-state index in [1.165, 1.54) is 25.3 Å².